The van der Waals surface area contributed by atoms with Crippen LogP contribution in [0.5, 0.6) is 0 Å². The van der Waals surface area contributed by atoms with Crippen LogP contribution in [-0.2, 0) is 6.18 Å². The molecule has 1 aliphatic carbocycles. The van der Waals surface area contributed by atoms with E-state index in [9.17, 15) is 18.3 Å². The summed E-state index contributed by atoms with van der Waals surface area (Å²) in [5, 5.41) is 16.7. The van der Waals surface area contributed by atoms with Crippen molar-refractivity contribution in [2.24, 2.45) is 0 Å². The van der Waals surface area contributed by atoms with Crippen molar-refractivity contribution in [1.82, 2.24) is 29.7 Å². The van der Waals surface area contributed by atoms with Crippen LogP contribution in [-0.4, -0.2) is 34.8 Å². The number of hydrogen-bond donors (Lipinski definition) is 2. The molecule has 3 aromatic rings. The van der Waals surface area contributed by atoms with E-state index in [-0.39, 0.29) is 11.9 Å². The zero-order chi connectivity index (χ0) is 19.9. The Bertz CT molecular complexity index is 983. The van der Waals surface area contributed by atoms with Crippen LogP contribution in [0.4, 0.5) is 18.9 Å². The van der Waals surface area contributed by atoms with Gasteiger partial charge in [0, 0.05) is 23.4 Å². The number of nitrogens with zero attached hydrogens (tertiary/aromatic N) is 6. The Labute approximate surface area is 157 Å². The molecule has 4 rings (SSSR count). The van der Waals surface area contributed by atoms with Gasteiger partial charge in [-0.1, -0.05) is 0 Å². The molecule has 1 fully saturated rings. The van der Waals surface area contributed by atoms with Crippen LogP contribution < -0.4 is 5.32 Å². The number of halogens is 3. The van der Waals surface area contributed by atoms with Gasteiger partial charge < -0.3 is 10.4 Å². The van der Waals surface area contributed by atoms with E-state index in [2.05, 4.69) is 30.4 Å². The first-order chi connectivity index (χ1) is 13.3. The molecule has 0 amide bonds. The summed E-state index contributed by atoms with van der Waals surface area (Å²) in [4.78, 5) is 16.1. The lowest BCUT2D eigenvalue weighted by Gasteiger charge is -2.15. The fraction of sp³-hybridized carbons (Fsp3) is 0.353. The van der Waals surface area contributed by atoms with Gasteiger partial charge in [-0.15, -0.1) is 0 Å². The maximum atomic E-state index is 13.0. The number of aliphatic hydroxyl groups is 1. The Morgan fingerprint density at radius 3 is 2.50 bits per heavy atom. The molecule has 1 atom stereocenters. The molecule has 1 aliphatic rings. The average molecular weight is 391 g/mol. The summed E-state index contributed by atoms with van der Waals surface area (Å²) in [5.41, 5.74) is 0.971. The highest BCUT2D eigenvalue weighted by atomic mass is 19.4. The second-order valence-corrected chi connectivity index (χ2v) is 6.52. The van der Waals surface area contributed by atoms with Crippen molar-refractivity contribution in [2.75, 3.05) is 5.32 Å². The minimum absolute atomic E-state index is 0.0351. The topological polar surface area (TPSA) is 102 Å². The van der Waals surface area contributed by atoms with Crippen LogP contribution in [0.1, 0.15) is 47.6 Å². The van der Waals surface area contributed by atoms with Gasteiger partial charge in [-0.3, -0.25) is 0 Å². The van der Waals surface area contributed by atoms with E-state index >= 15 is 0 Å². The van der Waals surface area contributed by atoms with E-state index in [0.717, 1.165) is 23.6 Å². The van der Waals surface area contributed by atoms with Crippen LogP contribution >= 0.6 is 0 Å². The molecule has 3 heterocycles. The molecule has 0 aromatic carbocycles. The van der Waals surface area contributed by atoms with Gasteiger partial charge in [-0.2, -0.15) is 18.3 Å². The Hall–Kier alpha value is -3.08. The summed E-state index contributed by atoms with van der Waals surface area (Å²) >= 11 is 0. The largest absolute Gasteiger partial charge is 0.435 e. The smallest absolute Gasteiger partial charge is 0.369 e. The number of aromatic nitrogens is 6. The maximum Gasteiger partial charge on any atom is 0.435 e. The van der Waals surface area contributed by atoms with Gasteiger partial charge in [-0.05, 0) is 25.8 Å². The van der Waals surface area contributed by atoms with Gasteiger partial charge in [0.25, 0.3) is 5.95 Å². The van der Waals surface area contributed by atoms with Gasteiger partial charge in [0.15, 0.2) is 11.9 Å². The number of alkyl halides is 3. The number of aryl methyl sites for hydroxylation is 1. The zero-order valence-corrected chi connectivity index (χ0v) is 14.7. The first-order valence-electron chi connectivity index (χ1n) is 8.53. The minimum Gasteiger partial charge on any atom is -0.369 e. The summed E-state index contributed by atoms with van der Waals surface area (Å²) in [6.45, 7) is 1.73. The summed E-state index contributed by atoms with van der Waals surface area (Å²) in [7, 11) is 0. The second-order valence-electron chi connectivity index (χ2n) is 6.52. The zero-order valence-electron chi connectivity index (χ0n) is 14.7. The molecule has 0 saturated heterocycles. The molecule has 0 bridgehead atoms. The molecule has 28 heavy (non-hydrogen) atoms. The molecular formula is C17H16F3N7O. The molecule has 1 unspecified atom stereocenters. The Morgan fingerprint density at radius 1 is 1.18 bits per heavy atom. The van der Waals surface area contributed by atoms with E-state index in [1.807, 2.05) is 0 Å². The number of aliphatic hydroxyl groups excluding tert-OH is 1. The Balaban J connectivity index is 1.57. The highest BCUT2D eigenvalue weighted by Crippen LogP contribution is 2.42. The summed E-state index contributed by atoms with van der Waals surface area (Å²) in [6, 6.07) is 1.05. The molecule has 0 radical (unpaired) electrons. The van der Waals surface area contributed by atoms with Gasteiger partial charge in [0.1, 0.15) is 6.33 Å². The first kappa shape index (κ1) is 18.3. The fourth-order valence-corrected chi connectivity index (χ4v) is 2.77. The lowest BCUT2D eigenvalue weighted by atomic mass is 10.2. The number of anilines is 1. The number of rotatable bonds is 5. The van der Waals surface area contributed by atoms with E-state index in [1.54, 1.807) is 6.92 Å². The van der Waals surface area contributed by atoms with Crippen molar-refractivity contribution in [3.05, 3.63) is 53.6 Å². The number of nitrogens with one attached hydrogen (secondary N) is 1. The third-order valence-corrected chi connectivity index (χ3v) is 4.40. The average Bonchev–Trinajstić information content (AvgIpc) is 3.39. The van der Waals surface area contributed by atoms with Crippen molar-refractivity contribution in [3.63, 3.8) is 0 Å². The SMILES string of the molecule is Cc1ncncc1C(O)Nc1cnc(-n2nc(C(F)(F)F)cc2C2CC2)nc1. The van der Waals surface area contributed by atoms with Crippen LogP contribution in [0.2, 0.25) is 0 Å². The standard InChI is InChI=1S/C17H16F3N7O/c1-9-12(7-21-8-24-9)15(28)25-11-5-22-16(23-6-11)27-13(10-2-3-10)4-14(26-27)17(18,19)20/h4-8,10,15,25,28H,2-3H2,1H3. The molecule has 8 nitrogen and oxygen atoms in total. The van der Waals surface area contributed by atoms with E-state index < -0.39 is 18.1 Å². The summed E-state index contributed by atoms with van der Waals surface area (Å²) < 4.78 is 40.2. The Kier molecular flexibility index (Phi) is 4.46. The molecule has 146 valence electrons. The molecule has 1 saturated carbocycles. The maximum absolute atomic E-state index is 13.0. The molecule has 2 N–H and O–H groups in total. The van der Waals surface area contributed by atoms with Gasteiger partial charge in [0.2, 0.25) is 0 Å². The van der Waals surface area contributed by atoms with E-state index in [0.29, 0.717) is 22.6 Å². The minimum atomic E-state index is -4.53. The molecule has 11 heteroatoms. The van der Waals surface area contributed by atoms with Crippen molar-refractivity contribution >= 4 is 5.69 Å². The van der Waals surface area contributed by atoms with Crippen LogP contribution in [0.15, 0.2) is 31.0 Å². The Morgan fingerprint density at radius 2 is 1.89 bits per heavy atom. The molecular weight excluding hydrogens is 375 g/mol. The van der Waals surface area contributed by atoms with Gasteiger partial charge in [0.05, 0.1) is 23.8 Å². The van der Waals surface area contributed by atoms with Crippen molar-refractivity contribution in [3.8, 4) is 5.95 Å². The van der Waals surface area contributed by atoms with Crippen molar-refractivity contribution in [2.45, 2.75) is 38.1 Å². The predicted molar refractivity (Wildman–Crippen MR) is 91.5 cm³/mol. The third kappa shape index (κ3) is 3.65. The highest BCUT2D eigenvalue weighted by molar-refractivity contribution is 5.42. The number of hydrogen-bond acceptors (Lipinski definition) is 7. The quantitative estimate of drug-likeness (QED) is 0.645. The summed E-state index contributed by atoms with van der Waals surface area (Å²) in [5.74, 6) is 0.0737. The van der Waals surface area contributed by atoms with Crippen LogP contribution in [0, 0.1) is 6.92 Å². The molecule has 3 aromatic heterocycles. The predicted octanol–water partition coefficient (Wildman–Crippen LogP) is 2.76. The second kappa shape index (κ2) is 6.82. The van der Waals surface area contributed by atoms with Gasteiger partial charge >= 0.3 is 6.18 Å². The molecule has 0 aliphatic heterocycles. The lowest BCUT2D eigenvalue weighted by molar-refractivity contribution is -0.141. The van der Waals surface area contributed by atoms with Crippen molar-refractivity contribution in [1.29, 1.82) is 0 Å². The van der Waals surface area contributed by atoms with Gasteiger partial charge in [-0.25, -0.2) is 24.6 Å². The molecule has 0 spiro atoms. The fourth-order valence-electron chi connectivity index (χ4n) is 2.77. The van der Waals surface area contributed by atoms with E-state index in [1.165, 1.54) is 24.9 Å². The third-order valence-electron chi connectivity index (χ3n) is 4.40. The van der Waals surface area contributed by atoms with Crippen LogP contribution in [0.3, 0.4) is 0 Å². The normalized spacial score (nSPS) is 15.5. The summed E-state index contributed by atoms with van der Waals surface area (Å²) in [6.07, 6.45) is 1.61. The van der Waals surface area contributed by atoms with Crippen molar-refractivity contribution < 1.29 is 18.3 Å². The lowest BCUT2D eigenvalue weighted by Crippen LogP contribution is -2.14. The van der Waals surface area contributed by atoms with Crippen LogP contribution in [0.25, 0.3) is 5.95 Å². The monoisotopic (exact) mass is 391 g/mol. The van der Waals surface area contributed by atoms with E-state index in [4.69, 9.17) is 0 Å². The highest BCUT2D eigenvalue weighted by Gasteiger charge is 2.38. The first-order valence-corrected chi connectivity index (χ1v) is 8.53.